The van der Waals surface area contributed by atoms with Gasteiger partial charge in [0.05, 0.1) is 5.56 Å². The van der Waals surface area contributed by atoms with Gasteiger partial charge in [0.15, 0.2) is 11.5 Å². The minimum Gasteiger partial charge on any atom is -0.381 e. The number of nitrogens with one attached hydrogen (secondary N) is 1. The molecular formula is C17H16N8O. The van der Waals surface area contributed by atoms with Crippen LogP contribution in [0.2, 0.25) is 0 Å². The molecule has 1 atom stereocenters. The summed E-state index contributed by atoms with van der Waals surface area (Å²) in [5.41, 5.74) is 7.15. The number of pyridine rings is 1. The maximum atomic E-state index is 12.7. The van der Waals surface area contributed by atoms with Gasteiger partial charge in [-0.1, -0.05) is 0 Å². The standard InChI is InChI=1S/C17H16N8O/c18-8-11-2-3-13(21-9-11)24-7-4-12(10-24)22-17(26)14-15(19)23-25-6-1-5-20-16(14)25/h1-3,5-6,9,12H,4,7,10H2,(H2,19,23)(H,22,26)/t12-/m0/s1. The SMILES string of the molecule is N#Cc1ccc(N2CC[C@H](NC(=O)c3c(N)nn4cccnc34)C2)nc1. The van der Waals surface area contributed by atoms with E-state index >= 15 is 0 Å². The average Bonchev–Trinajstić information content (AvgIpc) is 3.25. The highest BCUT2D eigenvalue weighted by Crippen LogP contribution is 2.20. The van der Waals surface area contributed by atoms with Crippen LogP contribution in [-0.4, -0.2) is 44.6 Å². The number of rotatable bonds is 3. The minimum atomic E-state index is -0.282. The van der Waals surface area contributed by atoms with Crippen LogP contribution in [0.1, 0.15) is 22.3 Å². The smallest absolute Gasteiger partial charge is 0.259 e. The van der Waals surface area contributed by atoms with E-state index in [9.17, 15) is 4.79 Å². The number of nitriles is 1. The molecule has 3 aromatic heterocycles. The van der Waals surface area contributed by atoms with E-state index < -0.39 is 0 Å². The van der Waals surface area contributed by atoms with Gasteiger partial charge < -0.3 is 16.0 Å². The van der Waals surface area contributed by atoms with Crippen LogP contribution in [0, 0.1) is 11.3 Å². The molecule has 0 radical (unpaired) electrons. The summed E-state index contributed by atoms with van der Waals surface area (Å²) in [6.45, 7) is 1.41. The summed E-state index contributed by atoms with van der Waals surface area (Å²) >= 11 is 0. The van der Waals surface area contributed by atoms with E-state index in [0.717, 1.165) is 18.8 Å². The highest BCUT2D eigenvalue weighted by molar-refractivity contribution is 6.04. The molecule has 26 heavy (non-hydrogen) atoms. The number of anilines is 2. The van der Waals surface area contributed by atoms with E-state index in [0.29, 0.717) is 23.3 Å². The number of fused-ring (bicyclic) bond motifs is 1. The molecule has 0 bridgehead atoms. The Balaban J connectivity index is 1.47. The van der Waals surface area contributed by atoms with E-state index in [1.165, 1.54) is 4.52 Å². The second-order valence-corrected chi connectivity index (χ2v) is 6.07. The largest absolute Gasteiger partial charge is 0.381 e. The number of hydrogen-bond donors (Lipinski definition) is 2. The second-order valence-electron chi connectivity index (χ2n) is 6.07. The molecule has 1 fully saturated rings. The summed E-state index contributed by atoms with van der Waals surface area (Å²) < 4.78 is 1.49. The number of hydrogen-bond acceptors (Lipinski definition) is 7. The molecule has 0 spiro atoms. The molecule has 3 N–H and O–H groups in total. The van der Waals surface area contributed by atoms with Gasteiger partial charge in [0, 0.05) is 37.7 Å². The van der Waals surface area contributed by atoms with Crippen LogP contribution in [-0.2, 0) is 0 Å². The molecule has 1 aliphatic rings. The Hall–Kier alpha value is -3.67. The van der Waals surface area contributed by atoms with Crippen molar-refractivity contribution in [3.63, 3.8) is 0 Å². The maximum absolute atomic E-state index is 12.7. The zero-order valence-electron chi connectivity index (χ0n) is 13.8. The fourth-order valence-electron chi connectivity index (χ4n) is 3.10. The lowest BCUT2D eigenvalue weighted by molar-refractivity contribution is 0.0942. The molecule has 1 saturated heterocycles. The van der Waals surface area contributed by atoms with Crippen LogP contribution >= 0.6 is 0 Å². The molecular weight excluding hydrogens is 332 g/mol. The lowest BCUT2D eigenvalue weighted by Crippen LogP contribution is -2.37. The zero-order chi connectivity index (χ0) is 18.1. The van der Waals surface area contributed by atoms with E-state index in [1.54, 1.807) is 30.7 Å². The van der Waals surface area contributed by atoms with Crippen molar-refractivity contribution < 1.29 is 4.79 Å². The molecule has 0 aliphatic carbocycles. The first-order valence-corrected chi connectivity index (χ1v) is 8.16. The van der Waals surface area contributed by atoms with Gasteiger partial charge in [-0.2, -0.15) is 5.26 Å². The fourth-order valence-corrected chi connectivity index (χ4v) is 3.10. The third-order valence-corrected chi connectivity index (χ3v) is 4.37. The van der Waals surface area contributed by atoms with Crippen molar-refractivity contribution in [2.75, 3.05) is 23.7 Å². The molecule has 1 amide bonds. The summed E-state index contributed by atoms with van der Waals surface area (Å²) in [5, 5.41) is 16.0. The molecule has 3 aromatic rings. The van der Waals surface area contributed by atoms with Crippen LogP contribution in [0.5, 0.6) is 0 Å². The molecule has 0 saturated carbocycles. The fraction of sp³-hybridized carbons (Fsp3) is 0.235. The average molecular weight is 348 g/mol. The van der Waals surface area contributed by atoms with Crippen molar-refractivity contribution in [1.82, 2.24) is 24.9 Å². The first-order chi connectivity index (χ1) is 12.7. The Bertz CT molecular complexity index is 1000. The van der Waals surface area contributed by atoms with Crippen LogP contribution in [0.15, 0.2) is 36.8 Å². The van der Waals surface area contributed by atoms with Crippen molar-refractivity contribution in [3.05, 3.63) is 47.9 Å². The van der Waals surface area contributed by atoms with Crippen molar-refractivity contribution in [1.29, 1.82) is 5.26 Å². The summed E-state index contributed by atoms with van der Waals surface area (Å²) in [5.74, 6) is 0.665. The quantitative estimate of drug-likeness (QED) is 0.709. The van der Waals surface area contributed by atoms with E-state index in [2.05, 4.69) is 31.4 Å². The van der Waals surface area contributed by atoms with Gasteiger partial charge in [-0.05, 0) is 24.6 Å². The second kappa shape index (κ2) is 6.33. The Morgan fingerprint density at radius 1 is 1.38 bits per heavy atom. The van der Waals surface area contributed by atoms with E-state index in [1.807, 2.05) is 6.07 Å². The van der Waals surface area contributed by atoms with Crippen LogP contribution in [0.3, 0.4) is 0 Å². The summed E-state index contributed by atoms with van der Waals surface area (Å²) in [6, 6.07) is 7.30. The van der Waals surface area contributed by atoms with Crippen molar-refractivity contribution >= 4 is 23.2 Å². The van der Waals surface area contributed by atoms with Gasteiger partial charge in [-0.3, -0.25) is 4.79 Å². The molecule has 0 unspecified atom stereocenters. The Labute approximate surface area is 149 Å². The topological polar surface area (TPSA) is 125 Å². The van der Waals surface area contributed by atoms with Crippen LogP contribution in [0.4, 0.5) is 11.6 Å². The molecule has 4 rings (SSSR count). The first-order valence-electron chi connectivity index (χ1n) is 8.16. The van der Waals surface area contributed by atoms with Gasteiger partial charge in [-0.15, -0.1) is 5.10 Å². The highest BCUT2D eigenvalue weighted by atomic mass is 16.1. The number of carbonyl (C=O) groups is 1. The molecule has 1 aliphatic heterocycles. The van der Waals surface area contributed by atoms with E-state index in [4.69, 9.17) is 11.0 Å². The predicted molar refractivity (Wildman–Crippen MR) is 94.4 cm³/mol. The summed E-state index contributed by atoms with van der Waals surface area (Å²) in [6.07, 6.45) is 5.64. The van der Waals surface area contributed by atoms with Gasteiger partial charge >= 0.3 is 0 Å². The first kappa shape index (κ1) is 15.8. The molecule has 130 valence electrons. The van der Waals surface area contributed by atoms with Gasteiger partial charge in [-0.25, -0.2) is 14.5 Å². The lowest BCUT2D eigenvalue weighted by Gasteiger charge is -2.17. The summed E-state index contributed by atoms with van der Waals surface area (Å²) in [7, 11) is 0. The number of carbonyl (C=O) groups excluding carboxylic acids is 1. The van der Waals surface area contributed by atoms with Crippen LogP contribution in [0.25, 0.3) is 5.65 Å². The van der Waals surface area contributed by atoms with Gasteiger partial charge in [0.2, 0.25) is 0 Å². The number of amides is 1. The Kier molecular flexibility index (Phi) is 3.85. The number of aromatic nitrogens is 4. The van der Waals surface area contributed by atoms with Crippen molar-refractivity contribution in [3.8, 4) is 6.07 Å². The van der Waals surface area contributed by atoms with Gasteiger partial charge in [0.25, 0.3) is 5.91 Å². The number of nitrogen functional groups attached to an aromatic ring is 1. The maximum Gasteiger partial charge on any atom is 0.259 e. The third kappa shape index (κ3) is 2.77. The molecule has 4 heterocycles. The monoisotopic (exact) mass is 348 g/mol. The predicted octanol–water partition coefficient (Wildman–Crippen LogP) is 0.587. The van der Waals surface area contributed by atoms with Crippen molar-refractivity contribution in [2.24, 2.45) is 0 Å². The highest BCUT2D eigenvalue weighted by Gasteiger charge is 2.27. The molecule has 0 aromatic carbocycles. The molecule has 9 nitrogen and oxygen atoms in total. The van der Waals surface area contributed by atoms with E-state index in [-0.39, 0.29) is 17.8 Å². The summed E-state index contributed by atoms with van der Waals surface area (Å²) in [4.78, 5) is 23.2. The Morgan fingerprint density at radius 2 is 2.27 bits per heavy atom. The molecule has 9 heteroatoms. The number of nitrogens with two attached hydrogens (primary N) is 1. The number of nitrogens with zero attached hydrogens (tertiary/aromatic N) is 6. The lowest BCUT2D eigenvalue weighted by atomic mass is 10.2. The minimum absolute atomic E-state index is 0.0296. The van der Waals surface area contributed by atoms with Crippen molar-refractivity contribution in [2.45, 2.75) is 12.5 Å². The third-order valence-electron chi connectivity index (χ3n) is 4.37. The normalized spacial score (nSPS) is 16.6. The van der Waals surface area contributed by atoms with Gasteiger partial charge in [0.1, 0.15) is 17.5 Å². The van der Waals surface area contributed by atoms with Crippen LogP contribution < -0.4 is 16.0 Å². The Morgan fingerprint density at radius 3 is 3.04 bits per heavy atom. The zero-order valence-corrected chi connectivity index (χ0v) is 13.8.